The number of aromatic nitrogens is 2. The zero-order valence-electron chi connectivity index (χ0n) is 17.8. The van der Waals surface area contributed by atoms with Gasteiger partial charge in [0.2, 0.25) is 0 Å². The number of amides is 2. The van der Waals surface area contributed by atoms with E-state index in [0.717, 1.165) is 5.56 Å². The third-order valence-electron chi connectivity index (χ3n) is 4.81. The van der Waals surface area contributed by atoms with Crippen molar-refractivity contribution in [3.05, 3.63) is 89.0 Å². The van der Waals surface area contributed by atoms with Crippen LogP contribution < -0.4 is 10.6 Å². The van der Waals surface area contributed by atoms with Crippen LogP contribution >= 0.6 is 0 Å². The van der Waals surface area contributed by atoms with Crippen LogP contribution in [0, 0.1) is 0 Å². The van der Waals surface area contributed by atoms with Gasteiger partial charge in [0.25, 0.3) is 11.8 Å². The van der Waals surface area contributed by atoms with Gasteiger partial charge in [0, 0.05) is 36.6 Å². The molecular formula is C24H26N4O3. The van der Waals surface area contributed by atoms with E-state index in [1.165, 1.54) is 0 Å². The third kappa shape index (κ3) is 5.66. The maximum Gasteiger partial charge on any atom is 0.270 e. The molecular weight excluding hydrogens is 392 g/mol. The quantitative estimate of drug-likeness (QED) is 0.570. The SMILES string of the molecule is CC(C)(C)c1cc(CNC(=O)c2ccccn2)c(O)c(CNC(=O)c2ccccn2)c1. The van der Waals surface area contributed by atoms with E-state index >= 15 is 0 Å². The van der Waals surface area contributed by atoms with E-state index in [2.05, 4.69) is 41.4 Å². The number of carbonyl (C=O) groups excluding carboxylic acids is 2. The van der Waals surface area contributed by atoms with Gasteiger partial charge >= 0.3 is 0 Å². The third-order valence-corrected chi connectivity index (χ3v) is 4.81. The van der Waals surface area contributed by atoms with Crippen LogP contribution in [0.5, 0.6) is 5.75 Å². The number of carbonyl (C=O) groups is 2. The topological polar surface area (TPSA) is 104 Å². The minimum absolute atomic E-state index is 0.0376. The Hall–Kier alpha value is -3.74. The highest BCUT2D eigenvalue weighted by molar-refractivity contribution is 5.92. The molecule has 3 aromatic rings. The number of rotatable bonds is 6. The molecule has 0 aliphatic heterocycles. The van der Waals surface area contributed by atoms with Gasteiger partial charge in [-0.05, 0) is 47.4 Å². The lowest BCUT2D eigenvalue weighted by atomic mass is 9.84. The van der Waals surface area contributed by atoms with Crippen LogP contribution in [0.15, 0.2) is 60.9 Å². The molecule has 0 aliphatic rings. The van der Waals surface area contributed by atoms with Gasteiger partial charge in [-0.3, -0.25) is 19.6 Å². The molecule has 0 fully saturated rings. The van der Waals surface area contributed by atoms with Crippen molar-refractivity contribution in [2.24, 2.45) is 0 Å². The molecule has 0 bridgehead atoms. The van der Waals surface area contributed by atoms with Crippen molar-refractivity contribution in [3.8, 4) is 5.75 Å². The van der Waals surface area contributed by atoms with E-state index in [9.17, 15) is 14.7 Å². The number of pyridine rings is 2. The molecule has 3 rings (SSSR count). The normalized spacial score (nSPS) is 11.1. The van der Waals surface area contributed by atoms with Gasteiger partial charge in [-0.1, -0.05) is 32.9 Å². The van der Waals surface area contributed by atoms with E-state index in [1.54, 1.807) is 48.8 Å². The molecule has 7 heteroatoms. The number of aromatic hydroxyl groups is 1. The molecule has 0 spiro atoms. The lowest BCUT2D eigenvalue weighted by molar-refractivity contribution is 0.0938. The predicted molar refractivity (Wildman–Crippen MR) is 118 cm³/mol. The standard InChI is InChI=1S/C24H26N4O3/c1-24(2,3)18-12-16(14-27-22(30)19-8-4-6-10-25-19)21(29)17(13-18)15-28-23(31)20-9-5-7-11-26-20/h4-13,29H,14-15H2,1-3H3,(H,27,30)(H,28,31). The summed E-state index contributed by atoms with van der Waals surface area (Å²) >= 11 is 0. The van der Waals surface area contributed by atoms with E-state index in [0.29, 0.717) is 22.5 Å². The molecule has 31 heavy (non-hydrogen) atoms. The van der Waals surface area contributed by atoms with Crippen molar-refractivity contribution in [2.45, 2.75) is 39.3 Å². The smallest absolute Gasteiger partial charge is 0.270 e. The zero-order valence-corrected chi connectivity index (χ0v) is 17.8. The first kappa shape index (κ1) is 22.0. The zero-order chi connectivity index (χ0) is 22.4. The van der Waals surface area contributed by atoms with E-state index in [-0.39, 0.29) is 36.1 Å². The van der Waals surface area contributed by atoms with Crippen LogP contribution in [-0.4, -0.2) is 26.9 Å². The molecule has 0 saturated heterocycles. The maximum absolute atomic E-state index is 12.3. The van der Waals surface area contributed by atoms with E-state index < -0.39 is 0 Å². The van der Waals surface area contributed by atoms with Crippen molar-refractivity contribution in [3.63, 3.8) is 0 Å². The second kappa shape index (κ2) is 9.38. The highest BCUT2D eigenvalue weighted by atomic mass is 16.3. The Labute approximate surface area is 181 Å². The van der Waals surface area contributed by atoms with Crippen molar-refractivity contribution in [1.29, 1.82) is 0 Å². The fraction of sp³-hybridized carbons (Fsp3) is 0.250. The Kier molecular flexibility index (Phi) is 6.65. The van der Waals surface area contributed by atoms with Crippen molar-refractivity contribution in [2.75, 3.05) is 0 Å². The minimum atomic E-state index is -0.328. The van der Waals surface area contributed by atoms with Crippen LogP contribution in [-0.2, 0) is 18.5 Å². The number of phenolic OH excluding ortho intramolecular Hbond substituents is 1. The van der Waals surface area contributed by atoms with Crippen LogP contribution in [0.25, 0.3) is 0 Å². The van der Waals surface area contributed by atoms with Crippen molar-refractivity contribution < 1.29 is 14.7 Å². The lowest BCUT2D eigenvalue weighted by Gasteiger charge is -2.23. The van der Waals surface area contributed by atoms with Crippen LogP contribution in [0.1, 0.15) is 58.4 Å². The molecule has 0 atom stereocenters. The number of nitrogens with zero attached hydrogens (tertiary/aromatic N) is 2. The first-order chi connectivity index (χ1) is 14.8. The van der Waals surface area contributed by atoms with Gasteiger partial charge in [-0.2, -0.15) is 0 Å². The van der Waals surface area contributed by atoms with Gasteiger partial charge in [0.1, 0.15) is 17.1 Å². The van der Waals surface area contributed by atoms with Crippen LogP contribution in [0.3, 0.4) is 0 Å². The van der Waals surface area contributed by atoms with Crippen molar-refractivity contribution in [1.82, 2.24) is 20.6 Å². The number of benzene rings is 1. The van der Waals surface area contributed by atoms with Gasteiger partial charge < -0.3 is 15.7 Å². The summed E-state index contributed by atoms with van der Waals surface area (Å²) in [6.07, 6.45) is 3.10. The second-order valence-corrected chi connectivity index (χ2v) is 8.19. The summed E-state index contributed by atoms with van der Waals surface area (Å²) in [6.45, 7) is 6.45. The molecule has 0 radical (unpaired) electrons. The number of phenols is 1. The molecule has 0 unspecified atom stereocenters. The first-order valence-corrected chi connectivity index (χ1v) is 9.99. The first-order valence-electron chi connectivity index (χ1n) is 9.99. The fourth-order valence-corrected chi connectivity index (χ4v) is 2.99. The predicted octanol–water partition coefficient (Wildman–Crippen LogP) is 3.34. The summed E-state index contributed by atoms with van der Waals surface area (Å²) in [6, 6.07) is 13.9. The number of hydrogen-bond acceptors (Lipinski definition) is 5. The lowest BCUT2D eigenvalue weighted by Crippen LogP contribution is -2.26. The summed E-state index contributed by atoms with van der Waals surface area (Å²) < 4.78 is 0. The molecule has 2 heterocycles. The Morgan fingerprint density at radius 2 is 1.29 bits per heavy atom. The highest BCUT2D eigenvalue weighted by Crippen LogP contribution is 2.31. The highest BCUT2D eigenvalue weighted by Gasteiger charge is 2.20. The molecule has 3 N–H and O–H groups in total. The Balaban J connectivity index is 1.80. The van der Waals surface area contributed by atoms with Gasteiger partial charge in [0.05, 0.1) is 0 Å². The molecule has 0 saturated carbocycles. The van der Waals surface area contributed by atoms with Gasteiger partial charge in [-0.15, -0.1) is 0 Å². The Morgan fingerprint density at radius 1 is 0.839 bits per heavy atom. The monoisotopic (exact) mass is 418 g/mol. The molecule has 2 aromatic heterocycles. The number of nitrogens with one attached hydrogen (secondary N) is 2. The van der Waals surface area contributed by atoms with Crippen LogP contribution in [0.2, 0.25) is 0 Å². The average Bonchev–Trinajstić information content (AvgIpc) is 2.77. The maximum atomic E-state index is 12.3. The molecule has 2 amide bonds. The summed E-state index contributed by atoms with van der Waals surface area (Å²) in [4.78, 5) is 32.8. The molecule has 7 nitrogen and oxygen atoms in total. The van der Waals surface area contributed by atoms with Gasteiger partial charge in [0.15, 0.2) is 0 Å². The largest absolute Gasteiger partial charge is 0.507 e. The average molecular weight is 418 g/mol. The number of hydrogen-bond donors (Lipinski definition) is 3. The van der Waals surface area contributed by atoms with E-state index in [4.69, 9.17) is 0 Å². The molecule has 0 aliphatic carbocycles. The summed E-state index contributed by atoms with van der Waals surface area (Å²) in [5.41, 5.74) is 2.54. The Morgan fingerprint density at radius 3 is 1.65 bits per heavy atom. The Bertz CT molecular complexity index is 985. The summed E-state index contributed by atoms with van der Waals surface area (Å²) in [5.74, 6) is -0.618. The van der Waals surface area contributed by atoms with E-state index in [1.807, 2.05) is 12.1 Å². The molecule has 160 valence electrons. The molecule has 1 aromatic carbocycles. The van der Waals surface area contributed by atoms with Crippen LogP contribution in [0.4, 0.5) is 0 Å². The summed E-state index contributed by atoms with van der Waals surface area (Å²) in [7, 11) is 0. The minimum Gasteiger partial charge on any atom is -0.507 e. The second-order valence-electron chi connectivity index (χ2n) is 8.19. The van der Waals surface area contributed by atoms with Crippen molar-refractivity contribution >= 4 is 11.8 Å². The fourth-order valence-electron chi connectivity index (χ4n) is 2.99. The van der Waals surface area contributed by atoms with Gasteiger partial charge in [-0.25, -0.2) is 0 Å². The summed E-state index contributed by atoms with van der Waals surface area (Å²) in [5, 5.41) is 16.4.